The van der Waals surface area contributed by atoms with E-state index in [0.717, 1.165) is 11.4 Å². The quantitative estimate of drug-likeness (QED) is 0.918. The number of nitrogens with zero attached hydrogens (tertiary/aromatic N) is 2. The largest absolute Gasteiger partial charge is 0.358 e. The highest BCUT2D eigenvalue weighted by Crippen LogP contribution is 2.21. The van der Waals surface area contributed by atoms with Gasteiger partial charge in [-0.15, -0.1) is 0 Å². The third-order valence-corrected chi connectivity index (χ3v) is 2.87. The highest BCUT2D eigenvalue weighted by molar-refractivity contribution is 9.10. The summed E-state index contributed by atoms with van der Waals surface area (Å²) in [5.41, 5.74) is 1.62. The first-order chi connectivity index (χ1) is 7.61. The first kappa shape index (κ1) is 11.1. The van der Waals surface area contributed by atoms with Gasteiger partial charge in [0.2, 0.25) is 5.95 Å². The van der Waals surface area contributed by atoms with Crippen molar-refractivity contribution in [2.24, 2.45) is 0 Å². The molecular formula is C11H11BrFN3. The van der Waals surface area contributed by atoms with Crippen molar-refractivity contribution >= 4 is 21.9 Å². The number of aromatic nitrogens is 2. The summed E-state index contributed by atoms with van der Waals surface area (Å²) in [6.07, 6.45) is 1.86. The highest BCUT2D eigenvalue weighted by Gasteiger charge is 2.07. The van der Waals surface area contributed by atoms with Gasteiger partial charge in [0, 0.05) is 13.2 Å². The van der Waals surface area contributed by atoms with Crippen LogP contribution >= 0.6 is 15.9 Å². The van der Waals surface area contributed by atoms with Crippen LogP contribution in [-0.2, 0) is 0 Å². The third-order valence-electron chi connectivity index (χ3n) is 2.23. The minimum absolute atomic E-state index is 0.286. The summed E-state index contributed by atoms with van der Waals surface area (Å²) in [7, 11) is 1.79. The molecule has 2 rings (SSSR count). The van der Waals surface area contributed by atoms with Gasteiger partial charge in [-0.3, -0.25) is 4.57 Å². The van der Waals surface area contributed by atoms with Crippen LogP contribution in [0, 0.1) is 12.7 Å². The molecule has 0 aliphatic carbocycles. The lowest BCUT2D eigenvalue weighted by Gasteiger charge is -2.07. The van der Waals surface area contributed by atoms with E-state index in [9.17, 15) is 4.39 Å². The van der Waals surface area contributed by atoms with E-state index in [4.69, 9.17) is 0 Å². The van der Waals surface area contributed by atoms with E-state index in [1.807, 2.05) is 23.8 Å². The Kier molecular flexibility index (Phi) is 2.96. The predicted molar refractivity (Wildman–Crippen MR) is 65.5 cm³/mol. The molecule has 0 fully saturated rings. The molecule has 1 aromatic heterocycles. The van der Waals surface area contributed by atoms with Crippen LogP contribution in [0.3, 0.4) is 0 Å². The van der Waals surface area contributed by atoms with Crippen LogP contribution in [0.2, 0.25) is 0 Å². The summed E-state index contributed by atoms with van der Waals surface area (Å²) in [5, 5.41) is 2.97. The van der Waals surface area contributed by atoms with Gasteiger partial charge in [0.15, 0.2) is 0 Å². The molecular weight excluding hydrogens is 273 g/mol. The number of rotatable bonds is 2. The number of hydrogen-bond donors (Lipinski definition) is 1. The van der Waals surface area contributed by atoms with Gasteiger partial charge in [-0.1, -0.05) is 0 Å². The second kappa shape index (κ2) is 4.25. The fraction of sp³-hybridized carbons (Fsp3) is 0.182. The van der Waals surface area contributed by atoms with Crippen LogP contribution in [0.4, 0.5) is 10.3 Å². The molecule has 0 atom stereocenters. The second-order valence-corrected chi connectivity index (χ2v) is 4.28. The number of anilines is 1. The van der Waals surface area contributed by atoms with Crippen molar-refractivity contribution in [3.05, 3.63) is 40.4 Å². The van der Waals surface area contributed by atoms with Gasteiger partial charge in [-0.25, -0.2) is 9.37 Å². The van der Waals surface area contributed by atoms with Crippen molar-refractivity contribution in [1.29, 1.82) is 0 Å². The van der Waals surface area contributed by atoms with Crippen molar-refractivity contribution in [3.63, 3.8) is 0 Å². The molecule has 0 saturated heterocycles. The van der Waals surface area contributed by atoms with Crippen LogP contribution in [0.15, 0.2) is 28.9 Å². The van der Waals surface area contributed by atoms with E-state index >= 15 is 0 Å². The molecule has 0 aliphatic heterocycles. The molecule has 1 N–H and O–H groups in total. The molecule has 84 valence electrons. The first-order valence-electron chi connectivity index (χ1n) is 4.81. The predicted octanol–water partition coefficient (Wildman–Crippen LogP) is 3.12. The monoisotopic (exact) mass is 283 g/mol. The second-order valence-electron chi connectivity index (χ2n) is 3.42. The van der Waals surface area contributed by atoms with Crippen molar-refractivity contribution in [3.8, 4) is 5.69 Å². The lowest BCUT2D eigenvalue weighted by molar-refractivity contribution is 0.620. The molecule has 1 aromatic carbocycles. The topological polar surface area (TPSA) is 29.9 Å². The normalized spacial score (nSPS) is 10.5. The Morgan fingerprint density at radius 2 is 2.19 bits per heavy atom. The maximum Gasteiger partial charge on any atom is 0.207 e. The molecule has 3 nitrogen and oxygen atoms in total. The molecule has 0 aliphatic rings. The van der Waals surface area contributed by atoms with Crippen molar-refractivity contribution in [2.75, 3.05) is 12.4 Å². The highest BCUT2D eigenvalue weighted by atomic mass is 79.9. The van der Waals surface area contributed by atoms with Gasteiger partial charge in [0.25, 0.3) is 0 Å². The summed E-state index contributed by atoms with van der Waals surface area (Å²) in [6, 6.07) is 4.97. The van der Waals surface area contributed by atoms with Gasteiger partial charge < -0.3 is 5.32 Å². The Bertz CT molecular complexity index is 522. The Morgan fingerprint density at radius 3 is 2.81 bits per heavy atom. The van der Waals surface area contributed by atoms with E-state index in [0.29, 0.717) is 10.4 Å². The molecule has 0 radical (unpaired) electrons. The van der Waals surface area contributed by atoms with Gasteiger partial charge >= 0.3 is 0 Å². The van der Waals surface area contributed by atoms with E-state index in [-0.39, 0.29) is 5.82 Å². The van der Waals surface area contributed by atoms with E-state index < -0.39 is 0 Å². The summed E-state index contributed by atoms with van der Waals surface area (Å²) in [4.78, 5) is 4.28. The average Bonchev–Trinajstić information content (AvgIpc) is 2.63. The average molecular weight is 284 g/mol. The molecule has 0 unspecified atom stereocenters. The maximum absolute atomic E-state index is 13.4. The zero-order valence-electron chi connectivity index (χ0n) is 8.96. The van der Waals surface area contributed by atoms with Crippen LogP contribution in [0.25, 0.3) is 5.69 Å². The van der Waals surface area contributed by atoms with Crippen molar-refractivity contribution in [1.82, 2.24) is 9.55 Å². The minimum Gasteiger partial charge on any atom is -0.358 e. The summed E-state index contributed by atoms with van der Waals surface area (Å²) >= 11 is 3.13. The number of halogens is 2. The Morgan fingerprint density at radius 1 is 1.44 bits per heavy atom. The maximum atomic E-state index is 13.4. The lowest BCUT2D eigenvalue weighted by atomic mass is 10.3. The smallest absolute Gasteiger partial charge is 0.207 e. The number of nitrogens with one attached hydrogen (secondary N) is 1. The molecule has 16 heavy (non-hydrogen) atoms. The van der Waals surface area contributed by atoms with Gasteiger partial charge in [0.05, 0.1) is 15.9 Å². The Labute approximate surface area is 101 Å². The van der Waals surface area contributed by atoms with Gasteiger partial charge in [-0.2, -0.15) is 0 Å². The third kappa shape index (κ3) is 1.95. The molecule has 1 heterocycles. The van der Waals surface area contributed by atoms with Gasteiger partial charge in [-0.05, 0) is 41.1 Å². The number of imidazole rings is 1. The standard InChI is InChI=1S/C11H11BrFN3/c1-7-6-16(11(14-2)15-7)8-3-4-9(12)10(13)5-8/h3-6H,1-2H3,(H,14,15). The summed E-state index contributed by atoms with van der Waals surface area (Å²) in [5.74, 6) is 0.408. The first-order valence-corrected chi connectivity index (χ1v) is 5.60. The molecule has 0 saturated carbocycles. The van der Waals surface area contributed by atoms with E-state index in [1.165, 1.54) is 6.07 Å². The minimum atomic E-state index is -0.286. The molecule has 5 heteroatoms. The van der Waals surface area contributed by atoms with E-state index in [1.54, 1.807) is 13.1 Å². The molecule has 0 amide bonds. The number of benzene rings is 1. The zero-order valence-corrected chi connectivity index (χ0v) is 10.5. The Hall–Kier alpha value is -1.36. The van der Waals surface area contributed by atoms with Crippen LogP contribution in [0.5, 0.6) is 0 Å². The zero-order chi connectivity index (χ0) is 11.7. The molecule has 2 aromatic rings. The van der Waals surface area contributed by atoms with Crippen LogP contribution in [-0.4, -0.2) is 16.6 Å². The number of aryl methyl sites for hydroxylation is 1. The van der Waals surface area contributed by atoms with Crippen LogP contribution < -0.4 is 5.32 Å². The molecule has 0 spiro atoms. The van der Waals surface area contributed by atoms with Gasteiger partial charge in [0.1, 0.15) is 5.82 Å². The lowest BCUT2D eigenvalue weighted by Crippen LogP contribution is -2.00. The van der Waals surface area contributed by atoms with Crippen molar-refractivity contribution < 1.29 is 4.39 Å². The Balaban J connectivity index is 2.53. The van der Waals surface area contributed by atoms with E-state index in [2.05, 4.69) is 26.2 Å². The number of hydrogen-bond acceptors (Lipinski definition) is 2. The SMILES string of the molecule is CNc1nc(C)cn1-c1ccc(Br)c(F)c1. The molecule has 0 bridgehead atoms. The van der Waals surface area contributed by atoms with Crippen molar-refractivity contribution in [2.45, 2.75) is 6.92 Å². The summed E-state index contributed by atoms with van der Waals surface area (Å²) < 4.78 is 15.7. The van der Waals surface area contributed by atoms with Crippen LogP contribution in [0.1, 0.15) is 5.69 Å². The summed E-state index contributed by atoms with van der Waals surface area (Å²) in [6.45, 7) is 1.90. The fourth-order valence-corrected chi connectivity index (χ4v) is 1.75. The fourth-order valence-electron chi connectivity index (χ4n) is 1.51.